The summed E-state index contributed by atoms with van der Waals surface area (Å²) >= 11 is 0. The second-order valence-corrected chi connectivity index (χ2v) is 7.57. The first-order valence-corrected chi connectivity index (χ1v) is 9.58. The van der Waals surface area contributed by atoms with Crippen LogP contribution in [0.3, 0.4) is 0 Å². The van der Waals surface area contributed by atoms with Gasteiger partial charge in [-0.15, -0.1) is 0 Å². The Morgan fingerprint density at radius 1 is 1.08 bits per heavy atom. The third-order valence-electron chi connectivity index (χ3n) is 3.80. The van der Waals surface area contributed by atoms with Crippen LogP contribution in [-0.2, 0) is 14.8 Å². The van der Waals surface area contributed by atoms with Crippen molar-refractivity contribution in [1.29, 1.82) is 0 Å². The molecular formula is C18H21N3O4S. The van der Waals surface area contributed by atoms with Crippen molar-refractivity contribution in [1.82, 2.24) is 15.0 Å². The van der Waals surface area contributed by atoms with Crippen LogP contribution >= 0.6 is 0 Å². The maximum absolute atomic E-state index is 12.2. The number of aromatic nitrogens is 1. The maximum Gasteiger partial charge on any atom is 0.240 e. The SMILES string of the molecule is CC(=O)c1ccc(S(=O)(=O)NCCC(=O)N[C@H](C)c2ccncc2)cc1. The number of sulfonamides is 1. The van der Waals surface area contributed by atoms with Crippen molar-refractivity contribution in [3.63, 3.8) is 0 Å². The highest BCUT2D eigenvalue weighted by atomic mass is 32.2. The minimum Gasteiger partial charge on any atom is -0.350 e. The van der Waals surface area contributed by atoms with Crippen molar-refractivity contribution >= 4 is 21.7 Å². The van der Waals surface area contributed by atoms with Crippen molar-refractivity contribution in [2.24, 2.45) is 0 Å². The van der Waals surface area contributed by atoms with E-state index in [-0.39, 0.29) is 35.6 Å². The van der Waals surface area contributed by atoms with Crippen LogP contribution in [0.25, 0.3) is 0 Å². The van der Waals surface area contributed by atoms with E-state index in [1.807, 2.05) is 6.92 Å². The zero-order valence-corrected chi connectivity index (χ0v) is 15.4. The van der Waals surface area contributed by atoms with E-state index in [4.69, 9.17) is 0 Å². The second kappa shape index (κ2) is 8.68. The summed E-state index contributed by atoms with van der Waals surface area (Å²) < 4.78 is 26.8. The van der Waals surface area contributed by atoms with Crippen LogP contribution in [0.2, 0.25) is 0 Å². The second-order valence-electron chi connectivity index (χ2n) is 5.80. The molecule has 0 aliphatic carbocycles. The van der Waals surface area contributed by atoms with Gasteiger partial charge in [-0.25, -0.2) is 13.1 Å². The number of ketones is 1. The molecule has 1 aromatic carbocycles. The van der Waals surface area contributed by atoms with Crippen LogP contribution in [0.4, 0.5) is 0 Å². The maximum atomic E-state index is 12.2. The molecule has 0 aliphatic rings. The van der Waals surface area contributed by atoms with Gasteiger partial charge < -0.3 is 5.32 Å². The predicted octanol–water partition coefficient (Wildman–Crippen LogP) is 1.83. The molecule has 0 spiro atoms. The highest BCUT2D eigenvalue weighted by Gasteiger charge is 2.15. The van der Waals surface area contributed by atoms with Crippen LogP contribution in [0.15, 0.2) is 53.7 Å². The van der Waals surface area contributed by atoms with Gasteiger partial charge in [0.05, 0.1) is 10.9 Å². The zero-order chi connectivity index (χ0) is 19.2. The Kier molecular flexibility index (Phi) is 6.59. The smallest absolute Gasteiger partial charge is 0.240 e. The normalized spacial score (nSPS) is 12.4. The lowest BCUT2D eigenvalue weighted by molar-refractivity contribution is -0.121. The summed E-state index contributed by atoms with van der Waals surface area (Å²) in [7, 11) is -3.73. The number of rotatable bonds is 8. The summed E-state index contributed by atoms with van der Waals surface area (Å²) in [6.07, 6.45) is 3.30. The van der Waals surface area contributed by atoms with E-state index < -0.39 is 10.0 Å². The number of Topliss-reactive ketones (excluding diaryl/α,β-unsaturated/α-hetero) is 1. The van der Waals surface area contributed by atoms with Crippen LogP contribution in [-0.4, -0.2) is 31.6 Å². The first-order chi connectivity index (χ1) is 12.3. The first kappa shape index (κ1) is 19.7. The Morgan fingerprint density at radius 2 is 1.69 bits per heavy atom. The molecule has 138 valence electrons. The first-order valence-electron chi connectivity index (χ1n) is 8.09. The number of hydrogen-bond donors (Lipinski definition) is 2. The molecule has 0 saturated carbocycles. The molecule has 1 amide bonds. The average Bonchev–Trinajstić information content (AvgIpc) is 2.62. The van der Waals surface area contributed by atoms with Crippen molar-refractivity contribution in [2.75, 3.05) is 6.54 Å². The van der Waals surface area contributed by atoms with E-state index in [1.54, 1.807) is 24.5 Å². The largest absolute Gasteiger partial charge is 0.350 e. The van der Waals surface area contributed by atoms with Gasteiger partial charge in [0.25, 0.3) is 0 Å². The summed E-state index contributed by atoms with van der Waals surface area (Å²) in [5, 5.41) is 2.80. The van der Waals surface area contributed by atoms with Gasteiger partial charge in [0.15, 0.2) is 5.78 Å². The summed E-state index contributed by atoms with van der Waals surface area (Å²) in [5.74, 6) is -0.397. The Labute approximate surface area is 152 Å². The van der Waals surface area contributed by atoms with Gasteiger partial charge in [-0.3, -0.25) is 14.6 Å². The quantitative estimate of drug-likeness (QED) is 0.685. The molecular weight excluding hydrogens is 354 g/mol. The lowest BCUT2D eigenvalue weighted by Gasteiger charge is -2.14. The average molecular weight is 375 g/mol. The van der Waals surface area contributed by atoms with Crippen molar-refractivity contribution in [2.45, 2.75) is 31.2 Å². The van der Waals surface area contributed by atoms with Crippen LogP contribution in [0.1, 0.15) is 42.2 Å². The fraction of sp³-hybridized carbons (Fsp3) is 0.278. The monoisotopic (exact) mass is 375 g/mol. The highest BCUT2D eigenvalue weighted by molar-refractivity contribution is 7.89. The van der Waals surface area contributed by atoms with Crippen molar-refractivity contribution in [3.05, 3.63) is 59.9 Å². The molecule has 0 fully saturated rings. The zero-order valence-electron chi connectivity index (χ0n) is 14.6. The van der Waals surface area contributed by atoms with Gasteiger partial charge in [0.2, 0.25) is 15.9 Å². The molecule has 7 nitrogen and oxygen atoms in total. The highest BCUT2D eigenvalue weighted by Crippen LogP contribution is 2.12. The van der Waals surface area contributed by atoms with Gasteiger partial charge in [-0.2, -0.15) is 0 Å². The number of hydrogen-bond acceptors (Lipinski definition) is 5. The van der Waals surface area contributed by atoms with E-state index in [0.29, 0.717) is 5.56 Å². The van der Waals surface area contributed by atoms with Crippen molar-refractivity contribution in [3.8, 4) is 0 Å². The van der Waals surface area contributed by atoms with Crippen LogP contribution in [0, 0.1) is 0 Å². The molecule has 1 heterocycles. The molecule has 8 heteroatoms. The third kappa shape index (κ3) is 5.47. The summed E-state index contributed by atoms with van der Waals surface area (Å²) in [5.41, 5.74) is 1.35. The number of benzene rings is 1. The Bertz CT molecular complexity index is 865. The molecule has 26 heavy (non-hydrogen) atoms. The molecule has 0 unspecified atom stereocenters. The number of carbonyl (C=O) groups excluding carboxylic acids is 2. The molecule has 0 bridgehead atoms. The summed E-state index contributed by atoms with van der Waals surface area (Å²) in [6, 6.07) is 9.06. The van der Waals surface area contributed by atoms with E-state index in [0.717, 1.165) is 5.56 Å². The van der Waals surface area contributed by atoms with Gasteiger partial charge in [-0.05, 0) is 43.7 Å². The number of nitrogens with one attached hydrogen (secondary N) is 2. The number of amides is 1. The molecule has 1 atom stereocenters. The lowest BCUT2D eigenvalue weighted by atomic mass is 10.1. The Morgan fingerprint density at radius 3 is 2.27 bits per heavy atom. The number of pyridine rings is 1. The molecule has 2 rings (SSSR count). The van der Waals surface area contributed by atoms with Gasteiger partial charge in [0, 0.05) is 30.9 Å². The van der Waals surface area contributed by atoms with Gasteiger partial charge in [-0.1, -0.05) is 12.1 Å². The Balaban J connectivity index is 1.85. The summed E-state index contributed by atoms with van der Waals surface area (Å²) in [4.78, 5) is 27.2. The van der Waals surface area contributed by atoms with Crippen LogP contribution < -0.4 is 10.0 Å². The standard InChI is InChI=1S/C18H21N3O4S/c1-13(15-7-10-19-11-8-15)21-18(23)9-12-20-26(24,25)17-5-3-16(4-6-17)14(2)22/h3-8,10-11,13,20H,9,12H2,1-2H3,(H,21,23)/t13-/m1/s1. The number of carbonyl (C=O) groups is 2. The predicted molar refractivity (Wildman–Crippen MR) is 97.0 cm³/mol. The van der Waals surface area contributed by atoms with E-state index in [9.17, 15) is 18.0 Å². The fourth-order valence-corrected chi connectivity index (χ4v) is 3.33. The molecule has 2 N–H and O–H groups in total. The minimum atomic E-state index is -3.73. The molecule has 1 aromatic heterocycles. The van der Waals surface area contributed by atoms with E-state index in [1.165, 1.54) is 31.2 Å². The van der Waals surface area contributed by atoms with Gasteiger partial charge in [0.1, 0.15) is 0 Å². The van der Waals surface area contributed by atoms with Gasteiger partial charge >= 0.3 is 0 Å². The topological polar surface area (TPSA) is 105 Å². The van der Waals surface area contributed by atoms with E-state index in [2.05, 4.69) is 15.0 Å². The third-order valence-corrected chi connectivity index (χ3v) is 5.28. The molecule has 0 saturated heterocycles. The lowest BCUT2D eigenvalue weighted by Crippen LogP contribution is -2.32. The number of nitrogens with zero attached hydrogens (tertiary/aromatic N) is 1. The molecule has 2 aromatic rings. The molecule has 0 aliphatic heterocycles. The van der Waals surface area contributed by atoms with Crippen molar-refractivity contribution < 1.29 is 18.0 Å². The fourth-order valence-electron chi connectivity index (χ4n) is 2.30. The minimum absolute atomic E-state index is 0.0141. The van der Waals surface area contributed by atoms with Crippen LogP contribution in [0.5, 0.6) is 0 Å². The van der Waals surface area contributed by atoms with E-state index >= 15 is 0 Å². The molecule has 0 radical (unpaired) electrons. The summed E-state index contributed by atoms with van der Waals surface area (Å²) in [6.45, 7) is 3.23. The Hall–Kier alpha value is -2.58.